The molecule has 0 aliphatic carbocycles. The van der Waals surface area contributed by atoms with Crippen molar-refractivity contribution in [2.45, 2.75) is 70.6 Å². The Bertz CT molecular complexity index is 1670. The van der Waals surface area contributed by atoms with E-state index in [0.29, 0.717) is 41.8 Å². The number of anilines is 1. The summed E-state index contributed by atoms with van der Waals surface area (Å²) in [6, 6.07) is 11.3. The van der Waals surface area contributed by atoms with Crippen LogP contribution < -0.4 is 10.2 Å². The second-order valence-corrected chi connectivity index (χ2v) is 11.4. The summed E-state index contributed by atoms with van der Waals surface area (Å²) in [6.07, 6.45) is 1.47. The molecule has 2 saturated heterocycles. The van der Waals surface area contributed by atoms with Crippen LogP contribution in [0.3, 0.4) is 0 Å². The molecule has 218 valence electrons. The highest BCUT2D eigenvalue weighted by molar-refractivity contribution is 6.40. The van der Waals surface area contributed by atoms with E-state index in [-0.39, 0.29) is 34.1 Å². The number of ketones is 1. The van der Waals surface area contributed by atoms with Crippen LogP contribution in [0.2, 0.25) is 10.2 Å². The molecule has 2 bridgehead atoms. The van der Waals surface area contributed by atoms with Crippen molar-refractivity contribution in [3.8, 4) is 0 Å². The minimum Gasteiger partial charge on any atom is -0.445 e. The number of rotatable bonds is 7. The number of benzene rings is 2. The lowest BCUT2D eigenvalue weighted by atomic mass is 9.95. The van der Waals surface area contributed by atoms with E-state index < -0.39 is 30.1 Å². The van der Waals surface area contributed by atoms with Gasteiger partial charge >= 0.3 is 6.09 Å². The molecule has 1 amide bonds. The number of nitrogens with zero attached hydrogens (tertiary/aromatic N) is 5. The third-order valence-electron chi connectivity index (χ3n) is 8.04. The number of fused-ring (bicyclic) bond motifs is 3. The number of aryl methyl sites for hydroxylation is 2. The van der Waals surface area contributed by atoms with Gasteiger partial charge in [0.1, 0.15) is 18.5 Å². The van der Waals surface area contributed by atoms with Crippen LogP contribution in [0, 0.1) is 6.92 Å². The van der Waals surface area contributed by atoms with Gasteiger partial charge < -0.3 is 15.0 Å². The lowest BCUT2D eigenvalue weighted by Crippen LogP contribution is -2.58. The predicted octanol–water partition coefficient (Wildman–Crippen LogP) is 6.07. The van der Waals surface area contributed by atoms with E-state index in [9.17, 15) is 9.59 Å². The number of amides is 1. The second-order valence-electron chi connectivity index (χ2n) is 10.6. The van der Waals surface area contributed by atoms with Crippen LogP contribution in [0.4, 0.5) is 15.0 Å². The van der Waals surface area contributed by atoms with E-state index in [1.807, 2.05) is 42.2 Å². The van der Waals surface area contributed by atoms with Gasteiger partial charge in [0.15, 0.2) is 11.0 Å². The van der Waals surface area contributed by atoms with Crippen molar-refractivity contribution in [2.24, 2.45) is 0 Å². The summed E-state index contributed by atoms with van der Waals surface area (Å²) in [6.45, 7) is 4.46. The molecule has 2 aliphatic heterocycles. The molecule has 4 atom stereocenters. The monoisotopic (exact) mass is 610 g/mol. The van der Waals surface area contributed by atoms with E-state index in [1.165, 1.54) is 0 Å². The normalized spacial score (nSPS) is 21.5. The Morgan fingerprint density at radius 2 is 1.90 bits per heavy atom. The first kappa shape index (κ1) is 28.4. The highest BCUT2D eigenvalue weighted by atomic mass is 35.5. The quantitative estimate of drug-likeness (QED) is 0.253. The number of alkyl carbamates (subject to hydrolysis) is 1. The van der Waals surface area contributed by atoms with E-state index in [1.54, 1.807) is 29.9 Å². The van der Waals surface area contributed by atoms with Crippen LogP contribution in [0.25, 0.3) is 10.9 Å². The maximum absolute atomic E-state index is 15.8. The summed E-state index contributed by atoms with van der Waals surface area (Å²) in [5.74, 6) is -0.0239. The predicted molar refractivity (Wildman–Crippen MR) is 158 cm³/mol. The summed E-state index contributed by atoms with van der Waals surface area (Å²) in [7, 11) is 0. The molecule has 4 aromatic rings. The molecule has 42 heavy (non-hydrogen) atoms. The number of carbonyl (C=O) groups is 2. The van der Waals surface area contributed by atoms with Crippen molar-refractivity contribution in [1.82, 2.24) is 25.1 Å². The van der Waals surface area contributed by atoms with Crippen molar-refractivity contribution >= 4 is 51.8 Å². The van der Waals surface area contributed by atoms with Gasteiger partial charge in [0, 0.05) is 29.7 Å². The molecule has 2 aliphatic rings. The minimum atomic E-state index is -1.36. The lowest BCUT2D eigenvalue weighted by Gasteiger charge is -2.42. The molecule has 6 rings (SSSR count). The Hall–Kier alpha value is -3.76. The zero-order chi connectivity index (χ0) is 29.5. The van der Waals surface area contributed by atoms with Crippen LogP contribution in [-0.2, 0) is 17.9 Å². The Morgan fingerprint density at radius 3 is 2.67 bits per heavy atom. The fourth-order valence-electron chi connectivity index (χ4n) is 5.99. The topological polar surface area (TPSA) is 102 Å². The SMILES string of the molecule is CCn1cc2c(Cl)c(C(=O)c3nc(C)c(N4[C@H]5CC[C@@H]4[C@@H](F)[C@@H](NC(=O)OCc4ccccc4)C5)nc3Cl)ccc2n1. The molecule has 2 aromatic carbocycles. The average Bonchev–Trinajstić information content (AvgIpc) is 3.57. The highest BCUT2D eigenvalue weighted by Gasteiger charge is 2.49. The number of carbonyl (C=O) groups excluding carboxylic acids is 2. The summed E-state index contributed by atoms with van der Waals surface area (Å²) in [5.41, 5.74) is 2.21. The Kier molecular flexibility index (Phi) is 7.76. The fraction of sp³-hybridized carbons (Fsp3) is 0.367. The molecule has 2 fully saturated rings. The maximum atomic E-state index is 15.8. The van der Waals surface area contributed by atoms with Gasteiger partial charge in [-0.25, -0.2) is 19.2 Å². The molecule has 4 heterocycles. The Labute approximate surface area is 252 Å². The maximum Gasteiger partial charge on any atom is 0.407 e. The van der Waals surface area contributed by atoms with Crippen molar-refractivity contribution in [1.29, 1.82) is 0 Å². The number of piperidine rings is 1. The van der Waals surface area contributed by atoms with Crippen LogP contribution in [0.5, 0.6) is 0 Å². The summed E-state index contributed by atoms with van der Waals surface area (Å²) >= 11 is 13.2. The number of aromatic nitrogens is 4. The van der Waals surface area contributed by atoms with Gasteiger partial charge in [-0.2, -0.15) is 5.10 Å². The molecule has 2 aromatic heterocycles. The van der Waals surface area contributed by atoms with Crippen molar-refractivity contribution < 1.29 is 18.7 Å². The van der Waals surface area contributed by atoms with Gasteiger partial charge in [-0.05, 0) is 50.8 Å². The van der Waals surface area contributed by atoms with Crippen molar-refractivity contribution in [2.75, 3.05) is 4.90 Å². The molecule has 0 saturated carbocycles. The Morgan fingerprint density at radius 1 is 1.12 bits per heavy atom. The van der Waals surface area contributed by atoms with Crippen LogP contribution in [-0.4, -0.2) is 55.9 Å². The smallest absolute Gasteiger partial charge is 0.407 e. The first-order valence-corrected chi connectivity index (χ1v) is 14.6. The number of hydrogen-bond acceptors (Lipinski definition) is 7. The fourth-order valence-corrected chi connectivity index (χ4v) is 6.49. The van der Waals surface area contributed by atoms with Gasteiger partial charge in [0.2, 0.25) is 5.78 Å². The van der Waals surface area contributed by atoms with Crippen LogP contribution in [0.15, 0.2) is 48.7 Å². The molecule has 1 N–H and O–H groups in total. The standard InChI is InChI=1S/C30H29Cl2FN6O3/c1-3-38-14-20-21(37-38)11-10-19(24(20)31)27(40)26-28(32)36-29(16(2)34-26)39-18-9-12-23(39)25(33)22(13-18)35-30(41)42-15-17-7-5-4-6-8-17/h4-8,10-11,14,18,22-23,25H,3,9,12-13,15H2,1-2H3,(H,35,41)/t18-,22-,23+,25-/m0/s1. The highest BCUT2D eigenvalue weighted by Crippen LogP contribution is 2.41. The van der Waals surface area contributed by atoms with Gasteiger partial charge in [0.25, 0.3) is 0 Å². The first-order valence-electron chi connectivity index (χ1n) is 13.9. The zero-order valence-electron chi connectivity index (χ0n) is 23.1. The lowest BCUT2D eigenvalue weighted by molar-refractivity contribution is 0.103. The Balaban J connectivity index is 1.19. The average molecular weight is 612 g/mol. The summed E-state index contributed by atoms with van der Waals surface area (Å²) in [4.78, 5) is 36.9. The number of ether oxygens (including phenoxy) is 1. The molecule has 12 heteroatoms. The number of hydrogen-bond donors (Lipinski definition) is 1. The number of halogens is 3. The van der Waals surface area contributed by atoms with Gasteiger partial charge in [-0.15, -0.1) is 0 Å². The van der Waals surface area contributed by atoms with E-state index in [0.717, 1.165) is 12.0 Å². The molecule has 0 spiro atoms. The van der Waals surface area contributed by atoms with Gasteiger partial charge in [-0.1, -0.05) is 53.5 Å². The summed E-state index contributed by atoms with van der Waals surface area (Å²) in [5, 5.41) is 7.99. The minimum absolute atomic E-state index is 0.0242. The number of nitrogens with one attached hydrogen (secondary N) is 1. The van der Waals surface area contributed by atoms with Crippen LogP contribution >= 0.6 is 23.2 Å². The van der Waals surface area contributed by atoms with Gasteiger partial charge in [0.05, 0.1) is 28.3 Å². The zero-order valence-corrected chi connectivity index (χ0v) is 24.6. The molecule has 9 nitrogen and oxygen atoms in total. The van der Waals surface area contributed by atoms with E-state index in [4.69, 9.17) is 27.9 Å². The largest absolute Gasteiger partial charge is 0.445 e. The first-order chi connectivity index (χ1) is 20.2. The number of alkyl halides is 1. The van der Waals surface area contributed by atoms with Gasteiger partial charge in [-0.3, -0.25) is 9.48 Å². The van der Waals surface area contributed by atoms with Crippen LogP contribution in [0.1, 0.15) is 53.5 Å². The molecular formula is C30H29Cl2FN6O3. The van der Waals surface area contributed by atoms with Crippen molar-refractivity contribution in [3.05, 3.63) is 81.4 Å². The molecule has 0 radical (unpaired) electrons. The van der Waals surface area contributed by atoms with Crippen molar-refractivity contribution in [3.63, 3.8) is 0 Å². The third kappa shape index (κ3) is 5.18. The van der Waals surface area contributed by atoms with E-state index >= 15 is 4.39 Å². The molecular weight excluding hydrogens is 582 g/mol. The summed E-state index contributed by atoms with van der Waals surface area (Å²) < 4.78 is 22.8. The van der Waals surface area contributed by atoms with E-state index in [2.05, 4.69) is 20.4 Å². The third-order valence-corrected chi connectivity index (χ3v) is 8.71. The second kappa shape index (κ2) is 11.5. The molecule has 0 unspecified atom stereocenters.